The number of methoxy groups -OCH3 is 1. The number of para-hydroxylation sites is 4. The topological polar surface area (TPSA) is 193 Å². The molecule has 0 aliphatic rings. The van der Waals surface area contributed by atoms with Gasteiger partial charge in [0.2, 0.25) is 0 Å². The molecule has 0 heterocycles. The maximum atomic E-state index is 12.7. The Kier molecular flexibility index (Phi) is 18.6. The van der Waals surface area contributed by atoms with Crippen molar-refractivity contribution in [3.8, 4) is 67.5 Å². The van der Waals surface area contributed by atoms with Crippen LogP contribution >= 0.6 is 0 Å². The van der Waals surface area contributed by atoms with Crippen molar-refractivity contribution in [2.75, 3.05) is 39.0 Å². The fourth-order valence-electron chi connectivity index (χ4n) is 8.24. The molecule has 9 N–H and O–H groups in total. The molecule has 0 aliphatic carbocycles. The van der Waals surface area contributed by atoms with E-state index < -0.39 is 29.8 Å². The summed E-state index contributed by atoms with van der Waals surface area (Å²) in [5.41, 5.74) is 7.54. The molecule has 0 aliphatic heterocycles. The lowest BCUT2D eigenvalue weighted by Crippen LogP contribution is -2.20. The Morgan fingerprint density at radius 1 is 0.346 bits per heavy atom. The third kappa shape index (κ3) is 15.4. The number of phenols is 3. The Morgan fingerprint density at radius 2 is 0.667 bits per heavy atom. The Balaban J connectivity index is 0.000000160. The standard InChI is InChI=1S/C25H20N2O2.C20H15F3N2O2.C20H18N2O3/c28-24-21(19-12-5-2-6-13-19)15-9-17-23(24)27-25(29)26-22-16-8-7-14-20(22)18-10-3-1-4-11-18;21-20(22,23)14-8-4-9-15(12-14)24-19(27)25-17-11-5-10-16(18(17)26)13-6-2-1-3-7-13;1-25-16-12-10-15(11-13-16)21-20(24)22-18-9-5-8-17(19(18)23)14-6-3-2-4-7-14/h1-17,28H,(H2,26,27,29);1-12,26H,(H2,24,25,27);2-13,23H,1H3,(H2,21,22,24). The maximum Gasteiger partial charge on any atom is 0.416 e. The first kappa shape index (κ1) is 56.2. The summed E-state index contributed by atoms with van der Waals surface area (Å²) in [6.07, 6.45) is -4.50. The van der Waals surface area contributed by atoms with Crippen molar-refractivity contribution in [1.82, 2.24) is 0 Å². The van der Waals surface area contributed by atoms with Crippen molar-refractivity contribution in [2.24, 2.45) is 0 Å². The molecular formula is C65H53F3N6O7. The number of urea groups is 3. The van der Waals surface area contributed by atoms with Gasteiger partial charge < -0.3 is 52.0 Å². The highest BCUT2D eigenvalue weighted by Crippen LogP contribution is 2.39. The van der Waals surface area contributed by atoms with Gasteiger partial charge in [-0.05, 0) is 89.0 Å². The summed E-state index contributed by atoms with van der Waals surface area (Å²) in [6, 6.07) is 70.6. The van der Waals surface area contributed by atoms with Crippen LogP contribution in [0.15, 0.2) is 249 Å². The molecule has 406 valence electrons. The van der Waals surface area contributed by atoms with Gasteiger partial charge in [-0.1, -0.05) is 182 Å². The third-order valence-corrected chi connectivity index (χ3v) is 12.2. The summed E-state index contributed by atoms with van der Waals surface area (Å²) in [4.78, 5) is 36.9. The molecule has 10 aromatic carbocycles. The normalized spacial score (nSPS) is 10.5. The summed E-state index contributed by atoms with van der Waals surface area (Å²) >= 11 is 0. The molecule has 81 heavy (non-hydrogen) atoms. The average Bonchev–Trinajstić information content (AvgIpc) is 3.49. The number of halogens is 3. The van der Waals surface area contributed by atoms with Crippen molar-refractivity contribution < 1.29 is 47.6 Å². The molecule has 10 rings (SSSR count). The number of amides is 6. The van der Waals surface area contributed by atoms with Crippen LogP contribution in [0, 0.1) is 0 Å². The molecular weight excluding hydrogens is 1030 g/mol. The third-order valence-electron chi connectivity index (χ3n) is 12.2. The summed E-state index contributed by atoms with van der Waals surface area (Å²) < 4.78 is 43.3. The van der Waals surface area contributed by atoms with Crippen molar-refractivity contribution in [3.05, 3.63) is 254 Å². The lowest BCUT2D eigenvalue weighted by molar-refractivity contribution is -0.137. The zero-order chi connectivity index (χ0) is 57.1. The number of aromatic hydroxyl groups is 3. The second-order valence-electron chi connectivity index (χ2n) is 17.7. The SMILES string of the molecule is COc1ccc(NC(=O)Nc2cccc(-c3ccccc3)c2O)cc1.O=C(Nc1cccc(C(F)(F)F)c1)Nc1cccc(-c2ccccc2)c1O.O=C(Nc1ccccc1-c1ccccc1)Nc1cccc(-c2ccccc2)c1O. The predicted molar refractivity (Wildman–Crippen MR) is 315 cm³/mol. The van der Waals surface area contributed by atoms with Crippen LogP contribution < -0.4 is 36.6 Å². The van der Waals surface area contributed by atoms with E-state index in [0.717, 1.165) is 39.9 Å². The summed E-state index contributed by atoms with van der Waals surface area (Å²) in [5.74, 6) is 0.630. The number of hydrogen-bond acceptors (Lipinski definition) is 7. The van der Waals surface area contributed by atoms with E-state index in [9.17, 15) is 42.9 Å². The number of benzene rings is 10. The number of nitrogens with one attached hydrogen (secondary N) is 6. The van der Waals surface area contributed by atoms with Gasteiger partial charge in [0.1, 0.15) is 23.0 Å². The number of alkyl halides is 3. The molecule has 13 nitrogen and oxygen atoms in total. The highest BCUT2D eigenvalue weighted by atomic mass is 19.4. The number of phenolic OH excluding ortho intramolecular Hbond substituents is 3. The molecule has 16 heteroatoms. The molecule has 0 atom stereocenters. The average molecular weight is 1090 g/mol. The quantitative estimate of drug-likeness (QED) is 0.0575. The number of carbonyl (C=O) groups excluding carboxylic acids is 3. The van der Waals surface area contributed by atoms with Gasteiger partial charge in [-0.25, -0.2) is 14.4 Å². The highest BCUT2D eigenvalue weighted by molar-refractivity contribution is 6.04. The Morgan fingerprint density at radius 3 is 1.07 bits per heavy atom. The highest BCUT2D eigenvalue weighted by Gasteiger charge is 2.30. The minimum Gasteiger partial charge on any atom is -0.505 e. The van der Waals surface area contributed by atoms with Gasteiger partial charge in [0.05, 0.1) is 35.4 Å². The molecule has 10 aromatic rings. The number of ether oxygens (including phenoxy) is 1. The molecule has 0 saturated heterocycles. The van der Waals surface area contributed by atoms with Gasteiger partial charge in [-0.15, -0.1) is 0 Å². The van der Waals surface area contributed by atoms with Gasteiger partial charge in [-0.3, -0.25) is 0 Å². The van der Waals surface area contributed by atoms with Crippen LogP contribution in [-0.4, -0.2) is 40.5 Å². The monoisotopic (exact) mass is 1090 g/mol. The van der Waals surface area contributed by atoms with E-state index in [0.29, 0.717) is 45.2 Å². The van der Waals surface area contributed by atoms with Crippen LogP contribution in [0.1, 0.15) is 5.56 Å². The number of carbonyl (C=O) groups is 3. The zero-order valence-electron chi connectivity index (χ0n) is 43.3. The van der Waals surface area contributed by atoms with E-state index in [2.05, 4.69) is 31.9 Å². The second-order valence-corrected chi connectivity index (χ2v) is 17.7. The van der Waals surface area contributed by atoms with Gasteiger partial charge in [0, 0.05) is 33.6 Å². The van der Waals surface area contributed by atoms with E-state index in [1.807, 2.05) is 152 Å². The van der Waals surface area contributed by atoms with Crippen LogP contribution in [0.5, 0.6) is 23.0 Å². The molecule has 0 bridgehead atoms. The maximum absolute atomic E-state index is 12.7. The number of rotatable bonds is 11. The molecule has 0 saturated carbocycles. The van der Waals surface area contributed by atoms with Gasteiger partial charge in [-0.2, -0.15) is 13.2 Å². The van der Waals surface area contributed by atoms with Crippen LogP contribution in [0.25, 0.3) is 44.5 Å². The lowest BCUT2D eigenvalue weighted by atomic mass is 10.0. The van der Waals surface area contributed by atoms with Crippen molar-refractivity contribution in [2.45, 2.75) is 6.18 Å². The molecule has 0 spiro atoms. The second kappa shape index (κ2) is 26.9. The van der Waals surface area contributed by atoms with Gasteiger partial charge in [0.15, 0.2) is 0 Å². The Labute approximate surface area is 465 Å². The van der Waals surface area contributed by atoms with Crippen molar-refractivity contribution in [3.63, 3.8) is 0 Å². The molecule has 6 amide bonds. The van der Waals surface area contributed by atoms with Crippen molar-refractivity contribution >= 4 is 52.2 Å². The van der Waals surface area contributed by atoms with Crippen LogP contribution in [-0.2, 0) is 6.18 Å². The van der Waals surface area contributed by atoms with Crippen LogP contribution in [0.2, 0.25) is 0 Å². The Bertz CT molecular complexity index is 3730. The predicted octanol–water partition coefficient (Wildman–Crippen LogP) is 16.8. The number of hydrogen-bond donors (Lipinski definition) is 9. The van der Waals surface area contributed by atoms with Crippen molar-refractivity contribution in [1.29, 1.82) is 0 Å². The van der Waals surface area contributed by atoms with Crippen LogP contribution in [0.3, 0.4) is 0 Å². The summed E-state index contributed by atoms with van der Waals surface area (Å²) in [7, 11) is 1.58. The summed E-state index contributed by atoms with van der Waals surface area (Å²) in [5, 5.41) is 47.3. The fourth-order valence-corrected chi connectivity index (χ4v) is 8.24. The van der Waals surface area contributed by atoms with Gasteiger partial charge >= 0.3 is 24.3 Å². The molecule has 0 radical (unpaired) electrons. The molecule has 0 aromatic heterocycles. The fraction of sp³-hybridized carbons (Fsp3) is 0.0308. The minimum absolute atomic E-state index is 0.0129. The van der Waals surface area contributed by atoms with Crippen LogP contribution in [0.4, 0.5) is 61.7 Å². The van der Waals surface area contributed by atoms with E-state index in [-0.39, 0.29) is 28.6 Å². The lowest BCUT2D eigenvalue weighted by Gasteiger charge is -2.14. The largest absolute Gasteiger partial charge is 0.505 e. The number of anilines is 6. The van der Waals surface area contributed by atoms with E-state index in [1.54, 1.807) is 73.8 Å². The zero-order valence-corrected chi connectivity index (χ0v) is 43.3. The Hall–Kier alpha value is -11.0. The van der Waals surface area contributed by atoms with E-state index in [4.69, 9.17) is 4.74 Å². The smallest absolute Gasteiger partial charge is 0.416 e. The van der Waals surface area contributed by atoms with E-state index in [1.165, 1.54) is 18.2 Å². The van der Waals surface area contributed by atoms with E-state index >= 15 is 0 Å². The molecule has 0 fully saturated rings. The minimum atomic E-state index is -4.50. The summed E-state index contributed by atoms with van der Waals surface area (Å²) in [6.45, 7) is 0. The molecule has 0 unspecified atom stereocenters. The first-order chi connectivity index (χ1) is 39.2. The first-order valence-corrected chi connectivity index (χ1v) is 25.1. The first-order valence-electron chi connectivity index (χ1n) is 25.1. The van der Waals surface area contributed by atoms with Gasteiger partial charge in [0.25, 0.3) is 0 Å².